The lowest BCUT2D eigenvalue weighted by molar-refractivity contribution is 0.104. The van der Waals surface area contributed by atoms with Crippen LogP contribution in [0.5, 0.6) is 0 Å². The lowest BCUT2D eigenvalue weighted by Crippen LogP contribution is -1.94. The molecule has 0 bridgehead atoms. The van der Waals surface area contributed by atoms with Gasteiger partial charge in [-0.05, 0) is 36.4 Å². The molecule has 0 spiro atoms. The smallest absolute Gasteiger partial charge is 0.194 e. The van der Waals surface area contributed by atoms with E-state index in [2.05, 4.69) is 0 Å². The minimum Gasteiger partial charge on any atom is -0.453 e. The van der Waals surface area contributed by atoms with Crippen molar-refractivity contribution in [3.63, 3.8) is 0 Å². The lowest BCUT2D eigenvalue weighted by Gasteiger charge is -2.02. The summed E-state index contributed by atoms with van der Waals surface area (Å²) in [6, 6.07) is 19.0. The number of ketones is 1. The zero-order valence-corrected chi connectivity index (χ0v) is 15.7. The molecular formula is C25H14N2O3. The van der Waals surface area contributed by atoms with Crippen LogP contribution in [0.4, 0.5) is 11.4 Å². The first-order valence-corrected chi connectivity index (χ1v) is 9.66. The molecule has 0 saturated carbocycles. The van der Waals surface area contributed by atoms with Crippen molar-refractivity contribution in [3.05, 3.63) is 71.8 Å². The molecule has 4 N–H and O–H groups in total. The average molecular weight is 390 g/mol. The first kappa shape index (κ1) is 15.6. The standard InChI is InChI=1S/C25H14N2O3/c26-17-5-1-3-11-13-7-9-15-19(24(13)29-22(11)17)20-16(21(15)28)10-8-14-12-4-2-6-18(27)23(12)30-25(14)20/h1-10H,26-27H2. The van der Waals surface area contributed by atoms with Gasteiger partial charge in [0.1, 0.15) is 11.2 Å². The molecule has 1 aliphatic carbocycles. The van der Waals surface area contributed by atoms with Crippen LogP contribution in [-0.2, 0) is 0 Å². The van der Waals surface area contributed by atoms with E-state index in [1.165, 1.54) is 0 Å². The van der Waals surface area contributed by atoms with Gasteiger partial charge in [0, 0.05) is 43.8 Å². The molecule has 0 atom stereocenters. The van der Waals surface area contributed by atoms with E-state index in [-0.39, 0.29) is 5.78 Å². The van der Waals surface area contributed by atoms with Crippen molar-refractivity contribution >= 4 is 61.0 Å². The Balaban J connectivity index is 1.71. The fourth-order valence-corrected chi connectivity index (χ4v) is 4.79. The van der Waals surface area contributed by atoms with E-state index in [9.17, 15) is 4.79 Å². The fourth-order valence-electron chi connectivity index (χ4n) is 4.79. The summed E-state index contributed by atoms with van der Waals surface area (Å²) in [7, 11) is 0. The van der Waals surface area contributed by atoms with Gasteiger partial charge in [-0.3, -0.25) is 4.79 Å². The normalized spacial score (nSPS) is 13.0. The van der Waals surface area contributed by atoms with Gasteiger partial charge in [-0.2, -0.15) is 0 Å². The zero-order chi connectivity index (χ0) is 20.1. The van der Waals surface area contributed by atoms with Crippen molar-refractivity contribution in [1.82, 2.24) is 0 Å². The van der Waals surface area contributed by atoms with E-state index in [4.69, 9.17) is 20.3 Å². The van der Waals surface area contributed by atoms with Gasteiger partial charge in [0.25, 0.3) is 0 Å². The first-order valence-electron chi connectivity index (χ1n) is 9.66. The Hall–Kier alpha value is -4.25. The summed E-state index contributed by atoms with van der Waals surface area (Å²) in [5.74, 6) is -0.0364. The SMILES string of the molecule is Nc1cccc2c1oc1c3c(ccc12)C(=O)c1ccc2c(oc4c(N)cccc42)c1-3. The summed E-state index contributed by atoms with van der Waals surface area (Å²) in [6.07, 6.45) is 0. The fraction of sp³-hybridized carbons (Fsp3) is 0. The van der Waals surface area contributed by atoms with Crippen LogP contribution in [0, 0.1) is 0 Å². The Kier molecular flexibility index (Phi) is 2.62. The van der Waals surface area contributed by atoms with Crippen LogP contribution in [0.3, 0.4) is 0 Å². The molecule has 30 heavy (non-hydrogen) atoms. The lowest BCUT2D eigenvalue weighted by atomic mass is 10.00. The Morgan fingerprint density at radius 1 is 0.533 bits per heavy atom. The number of nitrogens with two attached hydrogens (primary N) is 2. The number of hydrogen-bond donors (Lipinski definition) is 2. The molecule has 0 saturated heterocycles. The van der Waals surface area contributed by atoms with Gasteiger partial charge in [-0.15, -0.1) is 0 Å². The number of nitrogen functional groups attached to an aromatic ring is 2. The molecule has 0 amide bonds. The molecule has 1 aliphatic rings. The molecule has 6 aromatic rings. The molecule has 142 valence electrons. The van der Waals surface area contributed by atoms with Gasteiger partial charge < -0.3 is 20.3 Å². The molecule has 0 radical (unpaired) electrons. The number of benzene rings is 4. The van der Waals surface area contributed by atoms with Crippen LogP contribution in [-0.4, -0.2) is 5.78 Å². The van der Waals surface area contributed by atoms with Crippen LogP contribution >= 0.6 is 0 Å². The Bertz CT molecular complexity index is 1610. The highest BCUT2D eigenvalue weighted by Crippen LogP contribution is 2.49. The maximum atomic E-state index is 13.2. The molecular weight excluding hydrogens is 376 g/mol. The molecule has 2 aromatic heterocycles. The number of rotatable bonds is 0. The summed E-state index contributed by atoms with van der Waals surface area (Å²) < 4.78 is 12.5. The van der Waals surface area contributed by atoms with E-state index in [1.807, 2.05) is 60.7 Å². The third kappa shape index (κ3) is 1.67. The third-order valence-electron chi connectivity index (χ3n) is 6.13. The maximum Gasteiger partial charge on any atom is 0.194 e. The second-order valence-electron chi connectivity index (χ2n) is 7.71. The molecule has 0 aliphatic heterocycles. The zero-order valence-electron chi connectivity index (χ0n) is 15.7. The number of carbonyl (C=O) groups excluding carboxylic acids is 1. The Labute approximate surface area is 169 Å². The number of para-hydroxylation sites is 2. The summed E-state index contributed by atoms with van der Waals surface area (Å²) in [5.41, 5.74) is 18.7. The van der Waals surface area contributed by atoms with E-state index in [0.717, 1.165) is 32.7 Å². The largest absolute Gasteiger partial charge is 0.453 e. The summed E-state index contributed by atoms with van der Waals surface area (Å²) >= 11 is 0. The van der Waals surface area contributed by atoms with Gasteiger partial charge in [0.2, 0.25) is 0 Å². The summed E-state index contributed by atoms with van der Waals surface area (Å²) in [6.45, 7) is 0. The topological polar surface area (TPSA) is 95.4 Å². The van der Waals surface area contributed by atoms with Crippen molar-refractivity contribution < 1.29 is 13.6 Å². The van der Waals surface area contributed by atoms with E-state index >= 15 is 0 Å². The Morgan fingerprint density at radius 2 is 0.967 bits per heavy atom. The highest BCUT2D eigenvalue weighted by Gasteiger charge is 2.34. The first-order chi connectivity index (χ1) is 14.6. The van der Waals surface area contributed by atoms with Gasteiger partial charge in [-0.1, -0.05) is 24.3 Å². The van der Waals surface area contributed by atoms with E-state index < -0.39 is 0 Å². The highest BCUT2D eigenvalue weighted by molar-refractivity contribution is 6.31. The molecule has 0 fully saturated rings. The minimum absolute atomic E-state index is 0.0364. The molecule has 0 unspecified atom stereocenters. The quantitative estimate of drug-likeness (QED) is 0.316. The second kappa shape index (κ2) is 5.02. The van der Waals surface area contributed by atoms with Gasteiger partial charge in [-0.25, -0.2) is 0 Å². The van der Waals surface area contributed by atoms with Crippen LogP contribution < -0.4 is 11.5 Å². The Morgan fingerprint density at radius 3 is 1.43 bits per heavy atom. The van der Waals surface area contributed by atoms with Gasteiger partial charge in [0.15, 0.2) is 16.9 Å². The number of anilines is 2. The predicted octanol–water partition coefficient (Wildman–Crippen LogP) is 5.86. The van der Waals surface area contributed by atoms with Crippen molar-refractivity contribution in [3.8, 4) is 11.1 Å². The van der Waals surface area contributed by atoms with Gasteiger partial charge >= 0.3 is 0 Å². The molecule has 5 nitrogen and oxygen atoms in total. The molecule has 2 heterocycles. The summed E-state index contributed by atoms with van der Waals surface area (Å²) in [4.78, 5) is 13.2. The minimum atomic E-state index is -0.0364. The van der Waals surface area contributed by atoms with Crippen molar-refractivity contribution in [1.29, 1.82) is 0 Å². The predicted molar refractivity (Wildman–Crippen MR) is 119 cm³/mol. The van der Waals surface area contributed by atoms with Crippen LogP contribution in [0.25, 0.3) is 55.0 Å². The maximum absolute atomic E-state index is 13.2. The molecule has 7 rings (SSSR count). The van der Waals surface area contributed by atoms with Crippen LogP contribution in [0.15, 0.2) is 69.5 Å². The molecule has 5 heteroatoms. The van der Waals surface area contributed by atoms with Crippen molar-refractivity contribution in [2.75, 3.05) is 11.5 Å². The van der Waals surface area contributed by atoms with Gasteiger partial charge in [0.05, 0.1) is 11.4 Å². The van der Waals surface area contributed by atoms with Crippen molar-refractivity contribution in [2.45, 2.75) is 0 Å². The number of fused-ring (bicyclic) bond motifs is 11. The van der Waals surface area contributed by atoms with E-state index in [0.29, 0.717) is 44.8 Å². The van der Waals surface area contributed by atoms with Crippen LogP contribution in [0.1, 0.15) is 15.9 Å². The van der Waals surface area contributed by atoms with Crippen LogP contribution in [0.2, 0.25) is 0 Å². The average Bonchev–Trinajstić information content (AvgIpc) is 3.40. The number of carbonyl (C=O) groups is 1. The highest BCUT2D eigenvalue weighted by atomic mass is 16.3. The monoisotopic (exact) mass is 390 g/mol. The molecule has 4 aromatic carbocycles. The third-order valence-corrected chi connectivity index (χ3v) is 6.13. The summed E-state index contributed by atoms with van der Waals surface area (Å²) in [5, 5.41) is 3.69. The van der Waals surface area contributed by atoms with E-state index in [1.54, 1.807) is 0 Å². The number of furan rings is 2. The second-order valence-corrected chi connectivity index (χ2v) is 7.71. The van der Waals surface area contributed by atoms with Crippen molar-refractivity contribution in [2.24, 2.45) is 0 Å². The number of hydrogen-bond acceptors (Lipinski definition) is 5.